The van der Waals surface area contributed by atoms with Crippen molar-refractivity contribution >= 4 is 5.91 Å². The summed E-state index contributed by atoms with van der Waals surface area (Å²) >= 11 is 0. The average molecular weight is 331 g/mol. The van der Waals surface area contributed by atoms with E-state index in [1.165, 1.54) is 5.56 Å². The molecule has 3 rings (SSSR count). The van der Waals surface area contributed by atoms with E-state index in [4.69, 9.17) is 4.74 Å². The van der Waals surface area contributed by atoms with Gasteiger partial charge in [-0.2, -0.15) is 0 Å². The minimum Gasteiger partial charge on any atom is -0.375 e. The molecule has 5 heteroatoms. The van der Waals surface area contributed by atoms with Crippen molar-refractivity contribution in [3.8, 4) is 0 Å². The molecule has 2 saturated heterocycles. The molecule has 0 spiro atoms. The molecule has 2 fully saturated rings. The number of piperidine rings is 1. The van der Waals surface area contributed by atoms with E-state index >= 15 is 0 Å². The topological polar surface area (TPSA) is 53.6 Å². The lowest BCUT2D eigenvalue weighted by molar-refractivity contribution is -0.127. The lowest BCUT2D eigenvalue weighted by atomic mass is 10.0. The van der Waals surface area contributed by atoms with Crippen molar-refractivity contribution in [2.45, 2.75) is 50.9 Å². The van der Waals surface area contributed by atoms with Crippen LogP contribution >= 0.6 is 0 Å². The third kappa shape index (κ3) is 5.30. The molecule has 3 atom stereocenters. The van der Waals surface area contributed by atoms with Crippen LogP contribution in [0, 0.1) is 0 Å². The maximum Gasteiger partial charge on any atom is 0.222 e. The van der Waals surface area contributed by atoms with E-state index in [-0.39, 0.29) is 12.0 Å². The maximum atomic E-state index is 12.3. The Morgan fingerprint density at radius 2 is 2.21 bits per heavy atom. The van der Waals surface area contributed by atoms with E-state index in [1.54, 1.807) is 0 Å². The Labute approximate surface area is 144 Å². The van der Waals surface area contributed by atoms with Crippen LogP contribution in [-0.2, 0) is 16.1 Å². The van der Waals surface area contributed by atoms with Crippen LogP contribution in [0.15, 0.2) is 30.3 Å². The second-order valence-electron chi connectivity index (χ2n) is 7.06. The Morgan fingerprint density at radius 1 is 1.38 bits per heavy atom. The molecule has 2 aliphatic heterocycles. The lowest BCUT2D eigenvalue weighted by Gasteiger charge is -2.33. The van der Waals surface area contributed by atoms with Crippen LogP contribution in [0.1, 0.15) is 31.7 Å². The molecule has 1 aromatic rings. The van der Waals surface area contributed by atoms with E-state index in [9.17, 15) is 4.79 Å². The van der Waals surface area contributed by atoms with Gasteiger partial charge in [0.25, 0.3) is 0 Å². The third-order valence-electron chi connectivity index (χ3n) is 4.87. The van der Waals surface area contributed by atoms with Crippen molar-refractivity contribution in [3.63, 3.8) is 0 Å². The zero-order chi connectivity index (χ0) is 16.8. The SMILES string of the molecule is CC1CC(NC(=O)CC2CN(Cc3ccccc3)CCO2)CCN1. The number of ether oxygens (including phenoxy) is 1. The van der Waals surface area contributed by atoms with Crippen molar-refractivity contribution in [3.05, 3.63) is 35.9 Å². The molecular formula is C19H29N3O2. The fourth-order valence-corrected chi connectivity index (χ4v) is 3.65. The third-order valence-corrected chi connectivity index (χ3v) is 4.87. The summed E-state index contributed by atoms with van der Waals surface area (Å²) in [5.74, 6) is 0.126. The molecule has 3 unspecified atom stereocenters. The fourth-order valence-electron chi connectivity index (χ4n) is 3.65. The molecule has 2 aliphatic rings. The second kappa shape index (κ2) is 8.60. The monoisotopic (exact) mass is 331 g/mol. The van der Waals surface area contributed by atoms with Gasteiger partial charge in [-0.05, 0) is 31.9 Å². The Balaban J connectivity index is 1.43. The average Bonchev–Trinajstić information content (AvgIpc) is 2.56. The molecule has 0 aromatic heterocycles. The van der Waals surface area contributed by atoms with Crippen LogP contribution in [0.3, 0.4) is 0 Å². The zero-order valence-electron chi connectivity index (χ0n) is 14.5. The molecule has 2 N–H and O–H groups in total. The minimum atomic E-state index is 0.00148. The molecule has 1 aromatic carbocycles. The Hall–Kier alpha value is -1.43. The van der Waals surface area contributed by atoms with Gasteiger partial charge in [-0.25, -0.2) is 0 Å². The van der Waals surface area contributed by atoms with Gasteiger partial charge in [-0.15, -0.1) is 0 Å². The molecule has 0 bridgehead atoms. The number of hydrogen-bond acceptors (Lipinski definition) is 4. The maximum absolute atomic E-state index is 12.3. The van der Waals surface area contributed by atoms with Crippen LogP contribution < -0.4 is 10.6 Å². The van der Waals surface area contributed by atoms with Gasteiger partial charge in [0.2, 0.25) is 5.91 Å². The van der Waals surface area contributed by atoms with Crippen LogP contribution in [0.25, 0.3) is 0 Å². The number of rotatable bonds is 5. The molecule has 0 radical (unpaired) electrons. The first-order chi connectivity index (χ1) is 11.7. The first-order valence-electron chi connectivity index (χ1n) is 9.09. The van der Waals surface area contributed by atoms with Crippen LogP contribution in [-0.4, -0.2) is 55.2 Å². The highest BCUT2D eigenvalue weighted by Gasteiger charge is 2.25. The van der Waals surface area contributed by atoms with Gasteiger partial charge in [0.1, 0.15) is 0 Å². The predicted octanol–water partition coefficient (Wildman–Crippen LogP) is 1.53. The van der Waals surface area contributed by atoms with Gasteiger partial charge in [-0.3, -0.25) is 9.69 Å². The van der Waals surface area contributed by atoms with Crippen molar-refractivity contribution in [1.82, 2.24) is 15.5 Å². The summed E-state index contributed by atoms with van der Waals surface area (Å²) in [6.45, 7) is 6.54. The molecule has 24 heavy (non-hydrogen) atoms. The molecule has 1 amide bonds. The van der Waals surface area contributed by atoms with Crippen LogP contribution in [0.4, 0.5) is 0 Å². The Kier molecular flexibility index (Phi) is 6.24. The van der Waals surface area contributed by atoms with Crippen LogP contribution in [0.5, 0.6) is 0 Å². The molecule has 0 aliphatic carbocycles. The summed E-state index contributed by atoms with van der Waals surface area (Å²) < 4.78 is 5.81. The lowest BCUT2D eigenvalue weighted by Crippen LogP contribution is -2.48. The van der Waals surface area contributed by atoms with Gasteiger partial charge in [0.05, 0.1) is 19.1 Å². The molecule has 5 nitrogen and oxygen atoms in total. The fraction of sp³-hybridized carbons (Fsp3) is 0.632. The Bertz CT molecular complexity index is 523. The first-order valence-corrected chi connectivity index (χ1v) is 9.09. The number of morpholine rings is 1. The normalized spacial score (nSPS) is 28.5. The molecule has 0 saturated carbocycles. The second-order valence-corrected chi connectivity index (χ2v) is 7.06. The minimum absolute atomic E-state index is 0.00148. The van der Waals surface area contributed by atoms with E-state index in [2.05, 4.69) is 46.7 Å². The van der Waals surface area contributed by atoms with Crippen molar-refractivity contribution in [1.29, 1.82) is 0 Å². The van der Waals surface area contributed by atoms with Crippen LogP contribution in [0.2, 0.25) is 0 Å². The van der Waals surface area contributed by atoms with E-state index in [0.717, 1.165) is 39.0 Å². The molecule has 2 heterocycles. The Morgan fingerprint density at radius 3 is 3.00 bits per heavy atom. The molecule has 132 valence electrons. The van der Waals surface area contributed by atoms with Gasteiger partial charge >= 0.3 is 0 Å². The van der Waals surface area contributed by atoms with E-state index in [0.29, 0.717) is 25.1 Å². The summed E-state index contributed by atoms with van der Waals surface area (Å²) in [6.07, 6.45) is 2.49. The smallest absolute Gasteiger partial charge is 0.222 e. The van der Waals surface area contributed by atoms with Crippen molar-refractivity contribution in [2.24, 2.45) is 0 Å². The summed E-state index contributed by atoms with van der Waals surface area (Å²) in [6, 6.07) is 11.3. The summed E-state index contributed by atoms with van der Waals surface area (Å²) in [4.78, 5) is 14.7. The highest BCUT2D eigenvalue weighted by Crippen LogP contribution is 2.14. The quantitative estimate of drug-likeness (QED) is 0.859. The number of hydrogen-bond donors (Lipinski definition) is 2. The number of amides is 1. The number of carbonyl (C=O) groups excluding carboxylic acids is 1. The van der Waals surface area contributed by atoms with E-state index in [1.807, 2.05) is 6.07 Å². The van der Waals surface area contributed by atoms with E-state index < -0.39 is 0 Å². The first kappa shape index (κ1) is 17.4. The van der Waals surface area contributed by atoms with Crippen molar-refractivity contribution in [2.75, 3.05) is 26.2 Å². The van der Waals surface area contributed by atoms with Gasteiger partial charge in [-0.1, -0.05) is 30.3 Å². The van der Waals surface area contributed by atoms with Crippen molar-refractivity contribution < 1.29 is 9.53 Å². The molecular weight excluding hydrogens is 302 g/mol. The number of carbonyl (C=O) groups is 1. The number of benzene rings is 1. The summed E-state index contributed by atoms with van der Waals surface area (Å²) in [5.41, 5.74) is 1.31. The zero-order valence-corrected chi connectivity index (χ0v) is 14.5. The summed E-state index contributed by atoms with van der Waals surface area (Å²) in [7, 11) is 0. The van der Waals surface area contributed by atoms with Gasteiger partial charge in [0, 0.05) is 31.7 Å². The summed E-state index contributed by atoms with van der Waals surface area (Å²) in [5, 5.41) is 6.60. The highest BCUT2D eigenvalue weighted by molar-refractivity contribution is 5.76. The largest absolute Gasteiger partial charge is 0.375 e. The standard InChI is InChI=1S/C19H29N3O2/c1-15-11-17(7-8-20-15)21-19(23)12-18-14-22(9-10-24-18)13-16-5-3-2-4-6-16/h2-6,15,17-18,20H,7-14H2,1H3,(H,21,23). The van der Waals surface area contributed by atoms with Gasteiger partial charge < -0.3 is 15.4 Å². The number of nitrogens with zero attached hydrogens (tertiary/aromatic N) is 1. The highest BCUT2D eigenvalue weighted by atomic mass is 16.5. The van der Waals surface area contributed by atoms with Gasteiger partial charge in [0.15, 0.2) is 0 Å². The predicted molar refractivity (Wildman–Crippen MR) is 94.7 cm³/mol. The number of nitrogens with one attached hydrogen (secondary N) is 2.